The van der Waals surface area contributed by atoms with Crippen molar-refractivity contribution < 1.29 is 19.5 Å². The number of hydrogen-bond acceptors (Lipinski definition) is 6. The zero-order chi connectivity index (χ0) is 24.3. The highest BCUT2D eigenvalue weighted by Crippen LogP contribution is 2.31. The molecule has 0 aromatic heterocycles. The van der Waals surface area contributed by atoms with Gasteiger partial charge in [-0.15, -0.1) is 0 Å². The summed E-state index contributed by atoms with van der Waals surface area (Å²) >= 11 is 6.64. The van der Waals surface area contributed by atoms with Crippen molar-refractivity contribution in [3.8, 4) is 5.75 Å². The van der Waals surface area contributed by atoms with E-state index in [4.69, 9.17) is 12.2 Å². The maximum Gasteiger partial charge on any atom is 0.273 e. The predicted molar refractivity (Wildman–Crippen MR) is 138 cm³/mol. The van der Waals surface area contributed by atoms with Gasteiger partial charge in [0.15, 0.2) is 0 Å². The molecule has 9 heteroatoms. The molecule has 3 N–H and O–H groups in total. The molecule has 34 heavy (non-hydrogen) atoms. The molecule has 0 spiro atoms. The number of hydrogen-bond donors (Lipinski definition) is 3. The fraction of sp³-hybridized carbons (Fsp3) is 0.200. The molecule has 0 unspecified atom stereocenters. The Labute approximate surface area is 207 Å². The molecule has 0 bridgehead atoms. The summed E-state index contributed by atoms with van der Waals surface area (Å²) in [6.07, 6.45) is 7.81. The Hall–Kier alpha value is -3.43. The van der Waals surface area contributed by atoms with Gasteiger partial charge >= 0.3 is 0 Å². The minimum absolute atomic E-state index is 0.0795. The summed E-state index contributed by atoms with van der Waals surface area (Å²) in [6, 6.07) is 15.9. The summed E-state index contributed by atoms with van der Waals surface area (Å²) in [5, 5.41) is 9.66. The van der Waals surface area contributed by atoms with E-state index in [1.165, 1.54) is 23.9 Å². The zero-order valence-electron chi connectivity index (χ0n) is 18.4. The van der Waals surface area contributed by atoms with Crippen LogP contribution in [0.2, 0.25) is 0 Å². The normalized spacial score (nSPS) is 14.7. The third-order valence-electron chi connectivity index (χ3n) is 4.96. The molecule has 176 valence electrons. The minimum Gasteiger partial charge on any atom is -0.507 e. The van der Waals surface area contributed by atoms with E-state index in [1.54, 1.807) is 23.1 Å². The van der Waals surface area contributed by atoms with Gasteiger partial charge in [-0.25, -0.2) is 0 Å². The number of nitrogens with one attached hydrogen (secondary N) is 2. The van der Waals surface area contributed by atoms with Crippen LogP contribution < -0.4 is 10.9 Å². The summed E-state index contributed by atoms with van der Waals surface area (Å²) in [4.78, 5) is 38.7. The van der Waals surface area contributed by atoms with E-state index in [2.05, 4.69) is 10.9 Å². The molecule has 3 amide bonds. The first-order chi connectivity index (χ1) is 16.5. The SMILES string of the molecule is O=C(CCCCCN1C(=O)/C(=C/C=C/c2ccccc2)SC1=S)NNC(=O)c1ccccc1O. The number of thioether (sulfide) groups is 1. The molecular formula is C25H25N3O4S2. The number of phenolic OH excluding ortho intramolecular Hbond substituents is 1. The number of amides is 3. The van der Waals surface area contributed by atoms with Gasteiger partial charge in [-0.1, -0.05) is 85.0 Å². The molecule has 0 aliphatic carbocycles. The molecule has 1 aliphatic rings. The standard InChI is InChI=1S/C25H25N3O4S2/c29-20-14-7-6-13-19(20)23(31)27-26-22(30)16-5-2-8-17-28-24(32)21(34-25(28)33)15-9-12-18-10-3-1-4-11-18/h1,3-4,6-7,9-15,29H,2,5,8,16-17H2,(H,26,30)(H,27,31)/b12-9+,21-15-. The Bertz CT molecular complexity index is 1120. The Morgan fingerprint density at radius 2 is 1.74 bits per heavy atom. The number of para-hydroxylation sites is 1. The maximum atomic E-state index is 12.6. The lowest BCUT2D eigenvalue weighted by molar-refractivity contribution is -0.123. The fourth-order valence-corrected chi connectivity index (χ4v) is 4.43. The molecule has 2 aromatic rings. The van der Waals surface area contributed by atoms with Gasteiger partial charge in [-0.3, -0.25) is 30.1 Å². The van der Waals surface area contributed by atoms with Crippen LogP contribution in [-0.2, 0) is 9.59 Å². The lowest BCUT2D eigenvalue weighted by atomic mass is 10.2. The minimum atomic E-state index is -0.590. The molecule has 0 saturated carbocycles. The number of aromatic hydroxyl groups is 1. The molecule has 1 heterocycles. The number of thiocarbonyl (C=S) groups is 1. The van der Waals surface area contributed by atoms with Crippen molar-refractivity contribution in [1.82, 2.24) is 15.8 Å². The third kappa shape index (κ3) is 7.29. The van der Waals surface area contributed by atoms with Gasteiger partial charge in [-0.2, -0.15) is 0 Å². The quantitative estimate of drug-likeness (QED) is 0.209. The summed E-state index contributed by atoms with van der Waals surface area (Å²) in [5.74, 6) is -1.18. The largest absolute Gasteiger partial charge is 0.507 e. The molecule has 1 saturated heterocycles. The predicted octanol–water partition coefficient (Wildman–Crippen LogP) is 4.17. The second kappa shape index (κ2) is 12.7. The summed E-state index contributed by atoms with van der Waals surface area (Å²) < 4.78 is 0.536. The van der Waals surface area contributed by atoms with Gasteiger partial charge in [0.25, 0.3) is 11.8 Å². The molecular weight excluding hydrogens is 470 g/mol. The highest BCUT2D eigenvalue weighted by molar-refractivity contribution is 8.26. The molecule has 2 aromatic carbocycles. The third-order valence-corrected chi connectivity index (χ3v) is 6.36. The second-order valence-electron chi connectivity index (χ2n) is 7.46. The van der Waals surface area contributed by atoms with Gasteiger partial charge in [0.2, 0.25) is 5.91 Å². The molecule has 1 aliphatic heterocycles. The average Bonchev–Trinajstić information content (AvgIpc) is 3.10. The highest BCUT2D eigenvalue weighted by Gasteiger charge is 2.30. The van der Waals surface area contributed by atoms with E-state index in [-0.39, 0.29) is 29.5 Å². The van der Waals surface area contributed by atoms with Crippen molar-refractivity contribution in [3.63, 3.8) is 0 Å². The molecule has 0 radical (unpaired) electrons. The number of nitrogens with zero attached hydrogens (tertiary/aromatic N) is 1. The number of hydrazine groups is 1. The van der Waals surface area contributed by atoms with E-state index in [0.717, 1.165) is 12.0 Å². The van der Waals surface area contributed by atoms with E-state index >= 15 is 0 Å². The number of phenols is 1. The maximum absolute atomic E-state index is 12.6. The number of benzene rings is 2. The van der Waals surface area contributed by atoms with Crippen LogP contribution in [0.15, 0.2) is 71.7 Å². The molecule has 7 nitrogen and oxygen atoms in total. The van der Waals surface area contributed by atoms with E-state index in [9.17, 15) is 19.5 Å². The summed E-state index contributed by atoms with van der Waals surface area (Å²) in [7, 11) is 0. The van der Waals surface area contributed by atoms with Crippen LogP contribution in [0.3, 0.4) is 0 Å². The van der Waals surface area contributed by atoms with Crippen LogP contribution in [0.1, 0.15) is 41.6 Å². The Morgan fingerprint density at radius 1 is 1.00 bits per heavy atom. The van der Waals surface area contributed by atoms with Crippen LogP contribution in [0.4, 0.5) is 0 Å². The van der Waals surface area contributed by atoms with Crippen LogP contribution >= 0.6 is 24.0 Å². The Morgan fingerprint density at radius 3 is 2.50 bits per heavy atom. The van der Waals surface area contributed by atoms with E-state index in [1.807, 2.05) is 42.5 Å². The van der Waals surface area contributed by atoms with Gasteiger partial charge in [0.05, 0.1) is 10.5 Å². The lowest BCUT2D eigenvalue weighted by Gasteiger charge is -2.14. The highest BCUT2D eigenvalue weighted by atomic mass is 32.2. The summed E-state index contributed by atoms with van der Waals surface area (Å²) in [5.41, 5.74) is 5.76. The van der Waals surface area contributed by atoms with Crippen LogP contribution in [0, 0.1) is 0 Å². The second-order valence-corrected chi connectivity index (χ2v) is 9.13. The lowest BCUT2D eigenvalue weighted by Crippen LogP contribution is -2.41. The zero-order valence-corrected chi connectivity index (χ0v) is 20.0. The van der Waals surface area contributed by atoms with Crippen molar-refractivity contribution in [2.24, 2.45) is 0 Å². The first-order valence-corrected chi connectivity index (χ1v) is 12.0. The molecule has 0 atom stereocenters. The number of carbonyl (C=O) groups is 3. The van der Waals surface area contributed by atoms with Crippen LogP contribution in [0.5, 0.6) is 5.75 Å². The van der Waals surface area contributed by atoms with Gasteiger partial charge < -0.3 is 5.11 Å². The molecule has 3 rings (SSSR count). The van der Waals surface area contributed by atoms with Gasteiger partial charge in [0.1, 0.15) is 10.1 Å². The smallest absolute Gasteiger partial charge is 0.273 e. The number of carbonyl (C=O) groups excluding carboxylic acids is 3. The average molecular weight is 496 g/mol. The monoisotopic (exact) mass is 495 g/mol. The first-order valence-electron chi connectivity index (χ1n) is 10.8. The summed E-state index contributed by atoms with van der Waals surface area (Å²) in [6.45, 7) is 0.496. The van der Waals surface area contributed by atoms with E-state index < -0.39 is 5.91 Å². The van der Waals surface area contributed by atoms with Crippen molar-refractivity contribution in [2.45, 2.75) is 25.7 Å². The first kappa shape index (κ1) is 25.2. The van der Waals surface area contributed by atoms with Crippen molar-refractivity contribution in [1.29, 1.82) is 0 Å². The van der Waals surface area contributed by atoms with Gasteiger partial charge in [0, 0.05) is 13.0 Å². The topological polar surface area (TPSA) is 98.7 Å². The number of unbranched alkanes of at least 4 members (excludes halogenated alkanes) is 2. The van der Waals surface area contributed by atoms with Crippen LogP contribution in [0.25, 0.3) is 6.08 Å². The number of rotatable bonds is 9. The fourth-order valence-electron chi connectivity index (χ4n) is 3.17. The Balaban J connectivity index is 1.34. The van der Waals surface area contributed by atoms with Crippen molar-refractivity contribution in [2.75, 3.05) is 6.54 Å². The van der Waals surface area contributed by atoms with Gasteiger partial charge in [-0.05, 0) is 36.6 Å². The van der Waals surface area contributed by atoms with Crippen molar-refractivity contribution >= 4 is 52.1 Å². The number of allylic oxidation sites excluding steroid dienone is 2. The molecule has 1 fully saturated rings. The van der Waals surface area contributed by atoms with Crippen molar-refractivity contribution in [3.05, 3.63) is 82.8 Å². The van der Waals surface area contributed by atoms with E-state index in [0.29, 0.717) is 28.6 Å². The van der Waals surface area contributed by atoms with Crippen LogP contribution in [-0.4, -0.2) is 38.6 Å². The Kier molecular flexibility index (Phi) is 9.42.